The molecule has 0 bridgehead atoms. The molecule has 22 heavy (non-hydrogen) atoms. The lowest BCUT2D eigenvalue weighted by Gasteiger charge is -2.17. The van der Waals surface area contributed by atoms with Gasteiger partial charge in [-0.2, -0.15) is 4.98 Å². The number of rotatable bonds is 2. The van der Waals surface area contributed by atoms with E-state index in [4.69, 9.17) is 13.7 Å². The summed E-state index contributed by atoms with van der Waals surface area (Å²) >= 11 is 0. The Balaban J connectivity index is 1.42. The van der Waals surface area contributed by atoms with E-state index < -0.39 is 0 Å². The Morgan fingerprint density at radius 3 is 2.82 bits per heavy atom. The maximum atomic E-state index is 12.4. The Morgan fingerprint density at radius 2 is 2.18 bits per heavy atom. The van der Waals surface area contributed by atoms with Crippen LogP contribution in [0.2, 0.25) is 0 Å². The number of carbonyl (C=O) groups is 1. The maximum Gasteiger partial charge on any atom is 0.289 e. The molecule has 3 atom stereocenters. The van der Waals surface area contributed by atoms with E-state index in [0.29, 0.717) is 36.5 Å². The topological polar surface area (TPSA) is 81.6 Å². The van der Waals surface area contributed by atoms with E-state index in [9.17, 15) is 4.79 Å². The lowest BCUT2D eigenvalue weighted by atomic mass is 10.0. The van der Waals surface area contributed by atoms with E-state index in [1.165, 1.54) is 0 Å². The maximum absolute atomic E-state index is 12.4. The number of hydrogen-bond acceptors (Lipinski definition) is 6. The molecule has 0 saturated carbocycles. The Bertz CT molecular complexity index is 693. The summed E-state index contributed by atoms with van der Waals surface area (Å²) < 4.78 is 16.4. The number of nitrogens with zero attached hydrogens (tertiary/aromatic N) is 3. The summed E-state index contributed by atoms with van der Waals surface area (Å²) in [6.07, 6.45) is 0.712. The van der Waals surface area contributed by atoms with Crippen LogP contribution in [0.3, 0.4) is 0 Å². The lowest BCUT2D eigenvalue weighted by Crippen LogP contribution is -2.30. The molecule has 0 unspecified atom stereocenters. The summed E-state index contributed by atoms with van der Waals surface area (Å²) in [5.74, 6) is 2.52. The molecule has 2 aromatic heterocycles. The van der Waals surface area contributed by atoms with Gasteiger partial charge in [0.2, 0.25) is 11.7 Å². The van der Waals surface area contributed by atoms with Crippen LogP contribution in [-0.2, 0) is 4.74 Å². The zero-order valence-corrected chi connectivity index (χ0v) is 12.5. The number of hydrogen-bond donors (Lipinski definition) is 0. The second-order valence-corrected chi connectivity index (χ2v) is 5.95. The predicted octanol–water partition coefficient (Wildman–Crippen LogP) is 1.88. The fourth-order valence-electron chi connectivity index (χ4n) is 3.25. The second kappa shape index (κ2) is 4.95. The van der Waals surface area contributed by atoms with Crippen LogP contribution in [-0.4, -0.2) is 40.1 Å². The minimum absolute atomic E-state index is 0.0313. The lowest BCUT2D eigenvalue weighted by molar-refractivity contribution is 0.0299. The van der Waals surface area contributed by atoms with E-state index in [1.807, 2.05) is 6.92 Å². The van der Waals surface area contributed by atoms with Gasteiger partial charge in [-0.05, 0) is 25.5 Å². The highest BCUT2D eigenvalue weighted by Crippen LogP contribution is 2.40. The quantitative estimate of drug-likeness (QED) is 0.842. The molecule has 0 aliphatic carbocycles. The number of furan rings is 1. The number of amides is 1. The number of likely N-dealkylation sites (tertiary alicyclic amines) is 1. The van der Waals surface area contributed by atoms with Crippen LogP contribution in [0.5, 0.6) is 0 Å². The zero-order chi connectivity index (χ0) is 15.3. The van der Waals surface area contributed by atoms with Crippen molar-refractivity contribution in [3.63, 3.8) is 0 Å². The molecule has 0 N–H and O–H groups in total. The number of fused-ring (bicyclic) bond motifs is 1. The third kappa shape index (κ3) is 2.21. The first-order valence-electron chi connectivity index (χ1n) is 7.41. The Kier molecular flexibility index (Phi) is 3.04. The van der Waals surface area contributed by atoms with Gasteiger partial charge in [-0.1, -0.05) is 5.16 Å². The fourth-order valence-corrected chi connectivity index (χ4v) is 3.25. The van der Waals surface area contributed by atoms with Gasteiger partial charge in [0.25, 0.3) is 5.91 Å². The highest BCUT2D eigenvalue weighted by molar-refractivity contribution is 5.91. The molecule has 7 nitrogen and oxygen atoms in total. The van der Waals surface area contributed by atoms with Crippen molar-refractivity contribution in [2.75, 3.05) is 13.1 Å². The van der Waals surface area contributed by atoms with Gasteiger partial charge in [-0.25, -0.2) is 0 Å². The van der Waals surface area contributed by atoms with Crippen molar-refractivity contribution < 1.29 is 18.5 Å². The van der Waals surface area contributed by atoms with Crippen molar-refractivity contribution in [2.45, 2.75) is 32.5 Å². The minimum atomic E-state index is -0.129. The van der Waals surface area contributed by atoms with Gasteiger partial charge in [-0.15, -0.1) is 0 Å². The smallest absolute Gasteiger partial charge is 0.289 e. The number of aryl methyl sites for hydroxylation is 2. The first-order valence-corrected chi connectivity index (χ1v) is 7.41. The summed E-state index contributed by atoms with van der Waals surface area (Å²) in [4.78, 5) is 18.4. The second-order valence-electron chi connectivity index (χ2n) is 5.95. The van der Waals surface area contributed by atoms with E-state index in [1.54, 1.807) is 24.0 Å². The average Bonchev–Trinajstić information content (AvgIpc) is 3.19. The van der Waals surface area contributed by atoms with Crippen molar-refractivity contribution in [3.8, 4) is 0 Å². The van der Waals surface area contributed by atoms with Gasteiger partial charge in [0.05, 0.1) is 6.10 Å². The molecule has 1 amide bonds. The molecule has 2 aliphatic rings. The summed E-state index contributed by atoms with van der Waals surface area (Å²) in [7, 11) is 0. The third-order valence-electron chi connectivity index (χ3n) is 4.31. The van der Waals surface area contributed by atoms with E-state index >= 15 is 0 Å². The predicted molar refractivity (Wildman–Crippen MR) is 74.1 cm³/mol. The van der Waals surface area contributed by atoms with Crippen molar-refractivity contribution in [2.24, 2.45) is 5.92 Å². The van der Waals surface area contributed by atoms with Gasteiger partial charge in [0.1, 0.15) is 11.9 Å². The fraction of sp³-hybridized carbons (Fsp3) is 0.533. The molecule has 0 spiro atoms. The monoisotopic (exact) mass is 303 g/mol. The van der Waals surface area contributed by atoms with Crippen LogP contribution in [0, 0.1) is 19.8 Å². The van der Waals surface area contributed by atoms with Gasteiger partial charge in [0.15, 0.2) is 5.76 Å². The Morgan fingerprint density at radius 1 is 1.32 bits per heavy atom. The first kappa shape index (κ1) is 13.5. The van der Waals surface area contributed by atoms with Gasteiger partial charge in [0, 0.05) is 25.9 Å². The van der Waals surface area contributed by atoms with Crippen LogP contribution in [0.15, 0.2) is 21.1 Å². The van der Waals surface area contributed by atoms with Crippen molar-refractivity contribution in [1.29, 1.82) is 0 Å². The molecule has 2 fully saturated rings. The summed E-state index contributed by atoms with van der Waals surface area (Å²) in [6, 6.07) is 3.52. The molecule has 4 rings (SSSR count). The molecule has 116 valence electrons. The van der Waals surface area contributed by atoms with Gasteiger partial charge >= 0.3 is 0 Å². The molecular formula is C15H17N3O4. The molecule has 4 heterocycles. The van der Waals surface area contributed by atoms with Gasteiger partial charge < -0.3 is 18.6 Å². The van der Waals surface area contributed by atoms with Crippen LogP contribution < -0.4 is 0 Å². The summed E-state index contributed by atoms with van der Waals surface area (Å²) in [5, 5.41) is 3.92. The van der Waals surface area contributed by atoms with Crippen LogP contribution in [0.4, 0.5) is 0 Å². The molecule has 2 saturated heterocycles. The molecule has 2 aliphatic heterocycles. The molecule has 2 aromatic rings. The van der Waals surface area contributed by atoms with E-state index in [2.05, 4.69) is 10.1 Å². The molecule has 7 heteroatoms. The number of ether oxygens (including phenoxy) is 1. The highest BCUT2D eigenvalue weighted by atomic mass is 16.5. The SMILES string of the molecule is Cc1ccc(C(=O)N2C[C@@H]3C[C@@H](c4noc(C)n4)O[C@@H]3C2)o1. The number of aromatic nitrogens is 2. The highest BCUT2D eigenvalue weighted by Gasteiger charge is 2.45. The summed E-state index contributed by atoms with van der Waals surface area (Å²) in [5.41, 5.74) is 0. The van der Waals surface area contributed by atoms with Crippen molar-refractivity contribution >= 4 is 5.91 Å². The van der Waals surface area contributed by atoms with E-state index in [0.717, 1.165) is 12.2 Å². The first-order chi connectivity index (χ1) is 10.6. The van der Waals surface area contributed by atoms with E-state index in [-0.39, 0.29) is 18.1 Å². The summed E-state index contributed by atoms with van der Waals surface area (Å²) in [6.45, 7) is 4.85. The van der Waals surface area contributed by atoms with Crippen LogP contribution >= 0.6 is 0 Å². The molecular weight excluding hydrogens is 286 g/mol. The Labute approximate surface area is 127 Å². The molecule has 0 aromatic carbocycles. The van der Waals surface area contributed by atoms with Crippen molar-refractivity contribution in [1.82, 2.24) is 15.0 Å². The molecule has 0 radical (unpaired) electrons. The third-order valence-corrected chi connectivity index (χ3v) is 4.31. The zero-order valence-electron chi connectivity index (χ0n) is 12.5. The van der Waals surface area contributed by atoms with Crippen LogP contribution in [0.25, 0.3) is 0 Å². The Hall–Kier alpha value is -2.15. The largest absolute Gasteiger partial charge is 0.456 e. The normalized spacial score (nSPS) is 27.4. The van der Waals surface area contributed by atoms with Crippen LogP contribution in [0.1, 0.15) is 40.6 Å². The minimum Gasteiger partial charge on any atom is -0.456 e. The van der Waals surface area contributed by atoms with Gasteiger partial charge in [-0.3, -0.25) is 4.79 Å². The number of carbonyl (C=O) groups excluding carboxylic acids is 1. The average molecular weight is 303 g/mol. The standard InChI is InChI=1S/C15H17N3O4/c1-8-3-4-11(20-8)15(19)18-6-10-5-12(21-13(10)7-18)14-16-9(2)22-17-14/h3-4,10,12-13H,5-7H2,1-2H3/t10-,12-,13+/m0/s1. The van der Waals surface area contributed by atoms with Crippen molar-refractivity contribution in [3.05, 3.63) is 35.4 Å².